The molecule has 0 radical (unpaired) electrons. The fourth-order valence-electron chi connectivity index (χ4n) is 2.09. The third kappa shape index (κ3) is 3.20. The Bertz CT molecular complexity index is 1020. The lowest BCUT2D eigenvalue weighted by molar-refractivity contribution is 0.0690. The number of benzene rings is 1. The molecule has 7 nitrogen and oxygen atoms in total. The zero-order valence-electron chi connectivity index (χ0n) is 11.9. The van der Waals surface area contributed by atoms with E-state index < -0.39 is 16.0 Å². The van der Waals surface area contributed by atoms with Crippen molar-refractivity contribution in [3.8, 4) is 16.3 Å². The van der Waals surface area contributed by atoms with Crippen LogP contribution < -0.4 is 5.14 Å². The Morgan fingerprint density at radius 2 is 1.88 bits per heavy atom. The van der Waals surface area contributed by atoms with Gasteiger partial charge in [0.25, 0.3) is 0 Å². The van der Waals surface area contributed by atoms with Crippen LogP contribution in [0.3, 0.4) is 0 Å². The Kier molecular flexibility index (Phi) is 4.18. The lowest BCUT2D eigenvalue weighted by atomic mass is 10.3. The monoisotopic (exact) mass is 383 g/mol. The summed E-state index contributed by atoms with van der Waals surface area (Å²) in [5.41, 5.74) is 0.895. The first kappa shape index (κ1) is 16.7. The zero-order valence-corrected chi connectivity index (χ0v) is 14.3. The molecule has 0 aliphatic carbocycles. The number of nitrogens with two attached hydrogens (primary N) is 1. The molecule has 0 amide bonds. The quantitative estimate of drug-likeness (QED) is 0.718. The van der Waals surface area contributed by atoms with Crippen molar-refractivity contribution in [1.82, 2.24) is 9.78 Å². The Morgan fingerprint density at radius 3 is 2.38 bits per heavy atom. The second kappa shape index (κ2) is 6.02. The molecule has 2 heterocycles. The first-order valence-electron chi connectivity index (χ1n) is 6.48. The molecule has 124 valence electrons. The minimum absolute atomic E-state index is 0.0439. The summed E-state index contributed by atoms with van der Waals surface area (Å²) < 4.78 is 24.6. The second-order valence-corrected chi connectivity index (χ2v) is 8.05. The molecule has 0 fully saturated rings. The van der Waals surface area contributed by atoms with E-state index in [1.165, 1.54) is 46.4 Å². The average molecular weight is 384 g/mol. The highest BCUT2D eigenvalue weighted by Gasteiger charge is 2.18. The van der Waals surface area contributed by atoms with Gasteiger partial charge in [-0.1, -0.05) is 11.6 Å². The molecule has 0 spiro atoms. The summed E-state index contributed by atoms with van der Waals surface area (Å²) in [6.45, 7) is 0. The van der Waals surface area contributed by atoms with Gasteiger partial charge in [-0.3, -0.25) is 0 Å². The molecule has 2 aromatic heterocycles. The molecule has 1 aromatic carbocycles. The maximum atomic E-state index is 11.3. The number of thiophene rings is 1. The van der Waals surface area contributed by atoms with E-state index in [9.17, 15) is 18.3 Å². The van der Waals surface area contributed by atoms with E-state index in [0.717, 1.165) is 4.88 Å². The Morgan fingerprint density at radius 1 is 1.21 bits per heavy atom. The minimum Gasteiger partial charge on any atom is -0.476 e. The molecule has 0 saturated carbocycles. The molecule has 0 saturated heterocycles. The van der Waals surface area contributed by atoms with Crippen molar-refractivity contribution in [3.05, 3.63) is 52.5 Å². The largest absolute Gasteiger partial charge is 0.476 e. The number of primary sulfonamides is 1. The van der Waals surface area contributed by atoms with Crippen molar-refractivity contribution in [2.75, 3.05) is 0 Å². The van der Waals surface area contributed by atoms with Gasteiger partial charge in [-0.2, -0.15) is 5.10 Å². The fourth-order valence-corrected chi connectivity index (χ4v) is 3.65. The number of halogens is 1. The molecule has 0 atom stereocenters. The van der Waals surface area contributed by atoms with E-state index in [4.69, 9.17) is 16.7 Å². The van der Waals surface area contributed by atoms with Gasteiger partial charge >= 0.3 is 5.97 Å². The van der Waals surface area contributed by atoms with E-state index in [2.05, 4.69) is 5.10 Å². The van der Waals surface area contributed by atoms with Gasteiger partial charge in [-0.15, -0.1) is 11.3 Å². The van der Waals surface area contributed by atoms with Crippen LogP contribution in [0.25, 0.3) is 16.3 Å². The highest BCUT2D eigenvalue weighted by Crippen LogP contribution is 2.33. The molecular formula is C14H10ClN3O4S2. The van der Waals surface area contributed by atoms with Gasteiger partial charge in [0.15, 0.2) is 5.69 Å². The van der Waals surface area contributed by atoms with Gasteiger partial charge in [0.2, 0.25) is 10.0 Å². The van der Waals surface area contributed by atoms with Crippen LogP contribution in [0.15, 0.2) is 47.4 Å². The summed E-state index contributed by atoms with van der Waals surface area (Å²) in [7, 11) is -3.81. The van der Waals surface area contributed by atoms with Crippen molar-refractivity contribution >= 4 is 38.9 Å². The van der Waals surface area contributed by atoms with Crippen LogP contribution in [0, 0.1) is 0 Å². The molecule has 0 bridgehead atoms. The first-order chi connectivity index (χ1) is 11.3. The van der Waals surface area contributed by atoms with E-state index in [1.807, 2.05) is 0 Å². The number of aromatic carboxylic acids is 1. The molecule has 3 N–H and O–H groups in total. The standard InChI is InChI=1S/C14H10ClN3O4S2/c15-13-6-5-12(23-13)11-7-10(14(19)20)17-18(11)8-1-3-9(4-2-8)24(16,21)22/h1-7H,(H,19,20)(H2,16,21,22). The second-order valence-electron chi connectivity index (χ2n) is 4.77. The summed E-state index contributed by atoms with van der Waals surface area (Å²) >= 11 is 7.22. The minimum atomic E-state index is -3.81. The van der Waals surface area contributed by atoms with E-state index in [1.54, 1.807) is 12.1 Å². The predicted octanol–water partition coefficient (Wildman–Crippen LogP) is 2.60. The normalized spacial score (nSPS) is 11.6. The molecule has 3 aromatic rings. The molecule has 0 aliphatic rings. The summed E-state index contributed by atoms with van der Waals surface area (Å²) in [5, 5.41) is 18.3. The highest BCUT2D eigenvalue weighted by molar-refractivity contribution is 7.89. The summed E-state index contributed by atoms with van der Waals surface area (Å²) in [4.78, 5) is 11.9. The number of nitrogens with zero attached hydrogens (tertiary/aromatic N) is 2. The maximum absolute atomic E-state index is 11.3. The van der Waals surface area contributed by atoms with Gasteiger partial charge < -0.3 is 5.11 Å². The third-order valence-electron chi connectivity index (χ3n) is 3.16. The summed E-state index contributed by atoms with van der Waals surface area (Å²) in [6.07, 6.45) is 0. The van der Waals surface area contributed by atoms with Crippen LogP contribution in [-0.4, -0.2) is 29.3 Å². The van der Waals surface area contributed by atoms with Gasteiger partial charge in [0, 0.05) is 6.07 Å². The van der Waals surface area contributed by atoms with E-state index >= 15 is 0 Å². The third-order valence-corrected chi connectivity index (χ3v) is 5.35. The van der Waals surface area contributed by atoms with Gasteiger partial charge in [0.1, 0.15) is 0 Å². The Balaban J connectivity index is 2.14. The highest BCUT2D eigenvalue weighted by atomic mass is 35.5. The van der Waals surface area contributed by atoms with Crippen molar-refractivity contribution in [2.24, 2.45) is 5.14 Å². The number of aromatic nitrogens is 2. The maximum Gasteiger partial charge on any atom is 0.356 e. The molecule has 0 unspecified atom stereocenters. The summed E-state index contributed by atoms with van der Waals surface area (Å²) in [5.74, 6) is -1.17. The van der Waals surface area contributed by atoms with Crippen LogP contribution in [-0.2, 0) is 10.0 Å². The van der Waals surface area contributed by atoms with E-state index in [0.29, 0.717) is 15.7 Å². The van der Waals surface area contributed by atoms with Crippen molar-refractivity contribution < 1.29 is 18.3 Å². The van der Waals surface area contributed by atoms with Gasteiger partial charge in [0.05, 0.1) is 25.5 Å². The van der Waals surface area contributed by atoms with Crippen molar-refractivity contribution in [1.29, 1.82) is 0 Å². The number of carboxylic acid groups (broad SMARTS) is 1. The number of rotatable bonds is 4. The van der Waals surface area contributed by atoms with Gasteiger partial charge in [-0.05, 0) is 36.4 Å². The number of carbonyl (C=O) groups is 1. The van der Waals surface area contributed by atoms with Crippen LogP contribution in [0.5, 0.6) is 0 Å². The van der Waals surface area contributed by atoms with Gasteiger partial charge in [-0.25, -0.2) is 23.0 Å². The zero-order chi connectivity index (χ0) is 17.5. The fraction of sp³-hybridized carbons (Fsp3) is 0. The smallest absolute Gasteiger partial charge is 0.356 e. The number of carboxylic acids is 1. The molecule has 0 aliphatic heterocycles. The summed E-state index contributed by atoms with van der Waals surface area (Å²) in [6, 6.07) is 10.5. The number of hydrogen-bond donors (Lipinski definition) is 2. The lowest BCUT2D eigenvalue weighted by Crippen LogP contribution is -2.12. The first-order valence-corrected chi connectivity index (χ1v) is 9.22. The van der Waals surface area contributed by atoms with Crippen LogP contribution in [0.1, 0.15) is 10.5 Å². The molecule has 3 rings (SSSR count). The van der Waals surface area contributed by atoms with Crippen LogP contribution in [0.4, 0.5) is 0 Å². The SMILES string of the molecule is NS(=O)(=O)c1ccc(-n2nc(C(=O)O)cc2-c2ccc(Cl)s2)cc1. The predicted molar refractivity (Wildman–Crippen MR) is 90.2 cm³/mol. The lowest BCUT2D eigenvalue weighted by Gasteiger charge is -2.07. The van der Waals surface area contributed by atoms with Crippen LogP contribution >= 0.6 is 22.9 Å². The van der Waals surface area contributed by atoms with Crippen molar-refractivity contribution in [2.45, 2.75) is 4.90 Å². The number of hydrogen-bond acceptors (Lipinski definition) is 5. The Hall–Kier alpha value is -2.20. The number of sulfonamides is 1. The average Bonchev–Trinajstić information content (AvgIpc) is 3.12. The molecular weight excluding hydrogens is 374 g/mol. The van der Waals surface area contributed by atoms with Crippen LogP contribution in [0.2, 0.25) is 4.34 Å². The molecule has 10 heteroatoms. The Labute approximate surface area is 146 Å². The topological polar surface area (TPSA) is 115 Å². The molecule has 24 heavy (non-hydrogen) atoms. The van der Waals surface area contributed by atoms with E-state index in [-0.39, 0.29) is 10.6 Å². The van der Waals surface area contributed by atoms with Crippen molar-refractivity contribution in [3.63, 3.8) is 0 Å².